The smallest absolute Gasteiger partial charge is 0.266 e. The molecule has 0 aliphatic heterocycles. The maximum Gasteiger partial charge on any atom is 0.266 e. The molecule has 0 spiro atoms. The van der Waals surface area contributed by atoms with Crippen LogP contribution in [0.1, 0.15) is 74.9 Å². The van der Waals surface area contributed by atoms with Gasteiger partial charge in [0.1, 0.15) is 4.88 Å². The van der Waals surface area contributed by atoms with E-state index in [-0.39, 0.29) is 11.7 Å². The van der Waals surface area contributed by atoms with Gasteiger partial charge in [0.15, 0.2) is 5.82 Å². The molecule has 5 rings (SSSR count). The van der Waals surface area contributed by atoms with E-state index in [0.29, 0.717) is 10.3 Å². The van der Waals surface area contributed by atoms with Crippen LogP contribution in [0.2, 0.25) is 0 Å². The van der Waals surface area contributed by atoms with Gasteiger partial charge in [0.2, 0.25) is 0 Å². The molecule has 0 saturated heterocycles. The van der Waals surface area contributed by atoms with Crippen molar-refractivity contribution in [3.8, 4) is 0 Å². The molecule has 36 heavy (non-hydrogen) atoms. The molecule has 0 bridgehead atoms. The maximum absolute atomic E-state index is 14.5. The van der Waals surface area contributed by atoms with Gasteiger partial charge in [-0.05, 0) is 47.2 Å². The van der Waals surface area contributed by atoms with Crippen molar-refractivity contribution in [1.29, 1.82) is 0 Å². The third-order valence-corrected chi connectivity index (χ3v) is 10.2. The van der Waals surface area contributed by atoms with Crippen LogP contribution in [0.5, 0.6) is 0 Å². The second-order valence-electron chi connectivity index (χ2n) is 9.05. The molecule has 0 fully saturated rings. The topological polar surface area (TPSA) is 20.3 Å². The molecule has 7 heteroatoms. The highest BCUT2D eigenvalue weighted by molar-refractivity contribution is 7.24. The van der Waals surface area contributed by atoms with Crippen molar-refractivity contribution >= 4 is 81.5 Å². The largest absolute Gasteiger partial charge is 0.338 e. The zero-order chi connectivity index (χ0) is 25.3. The first-order valence-electron chi connectivity index (χ1n) is 12.9. The average molecular weight is 560 g/mol. The lowest BCUT2D eigenvalue weighted by molar-refractivity contribution is 0.0750. The summed E-state index contributed by atoms with van der Waals surface area (Å²) in [6.07, 6.45) is 9.04. The number of thiophene rings is 4. The van der Waals surface area contributed by atoms with Gasteiger partial charge in [-0.3, -0.25) is 4.79 Å². The van der Waals surface area contributed by atoms with Crippen LogP contribution in [0.25, 0.3) is 30.3 Å². The number of hydrogen-bond acceptors (Lipinski definition) is 5. The second kappa shape index (κ2) is 13.7. The molecule has 5 aromatic rings. The number of amides is 1. The summed E-state index contributed by atoms with van der Waals surface area (Å²) < 4.78 is 18.2. The fourth-order valence-electron chi connectivity index (χ4n) is 4.33. The Bertz CT molecular complexity index is 1320. The normalized spacial score (nSPS) is 11.3. The third kappa shape index (κ3) is 6.55. The van der Waals surface area contributed by atoms with Crippen LogP contribution in [-0.2, 0) is 0 Å². The minimum Gasteiger partial charge on any atom is -0.338 e. The molecule has 4 aromatic heterocycles. The van der Waals surface area contributed by atoms with Gasteiger partial charge < -0.3 is 4.90 Å². The number of halogens is 1. The first-order valence-corrected chi connectivity index (χ1v) is 16.4. The number of benzene rings is 1. The Labute approximate surface area is 229 Å². The first-order chi connectivity index (χ1) is 17.6. The molecule has 0 atom stereocenters. The van der Waals surface area contributed by atoms with Crippen molar-refractivity contribution in [3.63, 3.8) is 0 Å². The van der Waals surface area contributed by atoms with Crippen molar-refractivity contribution in [2.45, 2.75) is 65.2 Å². The predicted molar refractivity (Wildman–Crippen MR) is 161 cm³/mol. The predicted octanol–water partition coefficient (Wildman–Crippen LogP) is 10.8. The SMILES string of the molecule is CCCCCCN(CCCCCC)C(=O)c1sc2cscc2c1F.c1cc2c(ccc3ccsc32)s1. The fraction of sp³-hybridized carbons (Fsp3) is 0.414. The van der Waals surface area contributed by atoms with Crippen molar-refractivity contribution in [3.05, 3.63) is 56.5 Å². The summed E-state index contributed by atoms with van der Waals surface area (Å²) in [5.41, 5.74) is 0. The Balaban J connectivity index is 0.000000208. The minimum absolute atomic E-state index is 0.119. The average Bonchev–Trinajstić information content (AvgIpc) is 3.68. The molecule has 0 unspecified atom stereocenters. The summed E-state index contributed by atoms with van der Waals surface area (Å²) in [5, 5.41) is 11.4. The Morgan fingerprint density at radius 2 is 1.53 bits per heavy atom. The van der Waals surface area contributed by atoms with Crippen LogP contribution in [0.4, 0.5) is 4.39 Å². The zero-order valence-electron chi connectivity index (χ0n) is 21.1. The third-order valence-electron chi connectivity index (χ3n) is 6.37. The summed E-state index contributed by atoms with van der Waals surface area (Å²) in [5.74, 6) is -0.444. The number of carbonyl (C=O) groups is 1. The Morgan fingerprint density at radius 1 is 0.806 bits per heavy atom. The summed E-state index contributed by atoms with van der Waals surface area (Å²) in [4.78, 5) is 15.0. The summed E-state index contributed by atoms with van der Waals surface area (Å²) in [7, 11) is 0. The van der Waals surface area contributed by atoms with E-state index in [9.17, 15) is 9.18 Å². The highest BCUT2D eigenvalue weighted by Crippen LogP contribution is 2.34. The molecule has 1 aromatic carbocycles. The van der Waals surface area contributed by atoms with Crippen LogP contribution in [0, 0.1) is 5.82 Å². The van der Waals surface area contributed by atoms with E-state index in [0.717, 1.165) is 43.5 Å². The number of unbranched alkanes of at least 4 members (excludes halogenated alkanes) is 6. The number of carbonyl (C=O) groups excluding carboxylic acids is 1. The molecule has 2 nitrogen and oxygen atoms in total. The Morgan fingerprint density at radius 3 is 2.22 bits per heavy atom. The van der Waals surface area contributed by atoms with Crippen LogP contribution in [0.3, 0.4) is 0 Å². The Kier molecular flexibility index (Phi) is 10.3. The van der Waals surface area contributed by atoms with Crippen LogP contribution in [0.15, 0.2) is 45.8 Å². The quantitative estimate of drug-likeness (QED) is 0.147. The molecule has 0 aliphatic rings. The first kappa shape index (κ1) is 27.2. The molecular weight excluding hydrogens is 526 g/mol. The van der Waals surface area contributed by atoms with Gasteiger partial charge in [0, 0.05) is 48.7 Å². The van der Waals surface area contributed by atoms with Gasteiger partial charge >= 0.3 is 0 Å². The summed E-state index contributed by atoms with van der Waals surface area (Å²) in [6.45, 7) is 5.85. The van der Waals surface area contributed by atoms with Crippen molar-refractivity contribution in [2.24, 2.45) is 0 Å². The molecule has 1 amide bonds. The number of nitrogens with zero attached hydrogens (tertiary/aromatic N) is 1. The molecule has 0 aliphatic carbocycles. The van der Waals surface area contributed by atoms with Crippen LogP contribution < -0.4 is 0 Å². The molecule has 0 saturated carbocycles. The van der Waals surface area contributed by atoms with E-state index in [1.54, 1.807) is 5.38 Å². The van der Waals surface area contributed by atoms with Gasteiger partial charge in [-0.2, -0.15) is 11.3 Å². The summed E-state index contributed by atoms with van der Waals surface area (Å²) in [6, 6.07) is 8.79. The number of rotatable bonds is 11. The maximum atomic E-state index is 14.5. The van der Waals surface area contributed by atoms with Crippen LogP contribution >= 0.6 is 45.3 Å². The van der Waals surface area contributed by atoms with Gasteiger partial charge in [-0.25, -0.2) is 4.39 Å². The van der Waals surface area contributed by atoms with Crippen molar-refractivity contribution in [2.75, 3.05) is 13.1 Å². The lowest BCUT2D eigenvalue weighted by atomic mass is 10.1. The van der Waals surface area contributed by atoms with E-state index in [1.165, 1.54) is 68.5 Å². The van der Waals surface area contributed by atoms with Crippen molar-refractivity contribution < 1.29 is 9.18 Å². The second-order valence-corrected chi connectivity index (χ2v) is 12.7. The lowest BCUT2D eigenvalue weighted by Crippen LogP contribution is -2.33. The van der Waals surface area contributed by atoms with Crippen LogP contribution in [-0.4, -0.2) is 23.9 Å². The standard InChI is InChI=1S/C19H28FNOS2.C10H6S2/c1-3-5-7-9-11-21(12-10-8-6-4-2)19(22)18-17(20)15-13-23-14-16(15)24-18;1-2-9-8(4-6-11-9)10-7(1)3-5-12-10/h13-14H,3-12H2,1-2H3;1-6H. The fourth-order valence-corrected chi connectivity index (χ4v) is 8.13. The number of hydrogen-bond donors (Lipinski definition) is 0. The van der Waals surface area contributed by atoms with E-state index in [1.807, 2.05) is 33.0 Å². The lowest BCUT2D eigenvalue weighted by Gasteiger charge is -2.22. The Hall–Kier alpha value is -1.80. The van der Waals surface area contributed by atoms with Gasteiger partial charge in [0.25, 0.3) is 5.91 Å². The highest BCUT2D eigenvalue weighted by atomic mass is 32.1. The zero-order valence-corrected chi connectivity index (χ0v) is 24.3. The highest BCUT2D eigenvalue weighted by Gasteiger charge is 2.23. The molecule has 4 heterocycles. The molecule has 0 radical (unpaired) electrons. The monoisotopic (exact) mass is 559 g/mol. The number of fused-ring (bicyclic) bond motifs is 4. The van der Waals surface area contributed by atoms with E-state index in [2.05, 4.69) is 48.9 Å². The molecule has 0 N–H and O–H groups in total. The van der Waals surface area contributed by atoms with E-state index >= 15 is 0 Å². The van der Waals surface area contributed by atoms with E-state index < -0.39 is 0 Å². The molecule has 192 valence electrons. The summed E-state index contributed by atoms with van der Waals surface area (Å²) >= 11 is 6.43. The van der Waals surface area contributed by atoms with E-state index in [4.69, 9.17) is 0 Å². The van der Waals surface area contributed by atoms with Gasteiger partial charge in [-0.1, -0.05) is 58.4 Å². The van der Waals surface area contributed by atoms with Gasteiger partial charge in [0.05, 0.1) is 0 Å². The van der Waals surface area contributed by atoms with Gasteiger partial charge in [-0.15, -0.1) is 34.0 Å². The van der Waals surface area contributed by atoms with Crippen molar-refractivity contribution in [1.82, 2.24) is 4.90 Å². The minimum atomic E-state index is -0.326. The molecular formula is C29H34FNOS4.